The highest BCUT2D eigenvalue weighted by atomic mass is 32.1. The molecule has 0 radical (unpaired) electrons. The molecule has 1 N–H and O–H groups in total. The fraction of sp³-hybridized carbons (Fsp3) is 0.222. The smallest absolute Gasteiger partial charge is 0.258 e. The summed E-state index contributed by atoms with van der Waals surface area (Å²) in [5, 5.41) is 10.5. The molecule has 1 unspecified atom stereocenters. The molecule has 0 fully saturated rings. The van der Waals surface area contributed by atoms with Crippen LogP contribution in [0.2, 0.25) is 0 Å². The van der Waals surface area contributed by atoms with Crippen LogP contribution in [0.3, 0.4) is 0 Å². The van der Waals surface area contributed by atoms with Crippen molar-refractivity contribution < 1.29 is 4.52 Å². The van der Waals surface area contributed by atoms with Gasteiger partial charge in [-0.15, -0.1) is 11.3 Å². The summed E-state index contributed by atoms with van der Waals surface area (Å²) < 4.78 is 5.84. The molecule has 3 heterocycles. The van der Waals surface area contributed by atoms with Crippen molar-refractivity contribution in [2.24, 2.45) is 0 Å². The molecule has 2 aromatic carbocycles. The van der Waals surface area contributed by atoms with E-state index >= 15 is 0 Å². The number of allylic oxidation sites excluding steroid dienone is 1. The Hall–Kier alpha value is -3.29. The summed E-state index contributed by atoms with van der Waals surface area (Å²) in [4.78, 5) is 7.82. The summed E-state index contributed by atoms with van der Waals surface area (Å²) in [6.45, 7) is 10.5. The first-order valence-electron chi connectivity index (χ1n) is 11.2. The summed E-state index contributed by atoms with van der Waals surface area (Å²) >= 11 is 7.48. The molecule has 2 aromatic heterocycles. The van der Waals surface area contributed by atoms with Crippen molar-refractivity contribution in [3.8, 4) is 10.7 Å². The average Bonchev–Trinajstić information content (AvgIpc) is 3.50. The van der Waals surface area contributed by atoms with Crippen molar-refractivity contribution >= 4 is 39.9 Å². The standard InChI is InChI=1S/C27H26N4OS2/c1-15-8-10-20(13-17(15)3)24-23(26-29-25(30-32-26)22-7-6-12-34-22)19(5)31(27(33)28-24)21-11-9-16(2)18(4)14-21/h6-14,24H,1-5H3,(H,28,33). The lowest BCUT2D eigenvalue weighted by molar-refractivity contribution is 0.404. The first-order chi connectivity index (χ1) is 16.3. The molecule has 1 atom stereocenters. The van der Waals surface area contributed by atoms with Crippen molar-refractivity contribution in [3.63, 3.8) is 0 Å². The predicted octanol–water partition coefficient (Wildman–Crippen LogP) is 6.90. The van der Waals surface area contributed by atoms with E-state index in [4.69, 9.17) is 21.7 Å². The molecule has 5 nitrogen and oxygen atoms in total. The van der Waals surface area contributed by atoms with Crippen LogP contribution in [0.4, 0.5) is 5.69 Å². The molecule has 0 amide bonds. The van der Waals surface area contributed by atoms with Crippen molar-refractivity contribution in [1.29, 1.82) is 0 Å². The Bertz CT molecular complexity index is 1420. The van der Waals surface area contributed by atoms with Gasteiger partial charge in [0.25, 0.3) is 5.89 Å². The van der Waals surface area contributed by atoms with E-state index in [1.54, 1.807) is 11.3 Å². The molecular formula is C27H26N4OS2. The largest absolute Gasteiger partial charge is 0.351 e. The third-order valence-electron chi connectivity index (χ3n) is 6.50. The van der Waals surface area contributed by atoms with Crippen LogP contribution >= 0.6 is 23.6 Å². The third kappa shape index (κ3) is 3.95. The van der Waals surface area contributed by atoms with E-state index in [2.05, 4.69) is 86.4 Å². The minimum atomic E-state index is -0.203. The van der Waals surface area contributed by atoms with Crippen LogP contribution in [0.5, 0.6) is 0 Å². The highest BCUT2D eigenvalue weighted by molar-refractivity contribution is 7.80. The maximum Gasteiger partial charge on any atom is 0.258 e. The lowest BCUT2D eigenvalue weighted by Gasteiger charge is -2.37. The number of thiocarbonyl (C=S) groups is 1. The Morgan fingerprint density at radius 1 is 0.941 bits per heavy atom. The van der Waals surface area contributed by atoms with Gasteiger partial charge in [-0.3, -0.25) is 4.90 Å². The molecule has 5 rings (SSSR count). The summed E-state index contributed by atoms with van der Waals surface area (Å²) in [6.07, 6.45) is 0. The fourth-order valence-electron chi connectivity index (χ4n) is 4.23. The number of rotatable bonds is 4. The van der Waals surface area contributed by atoms with Crippen LogP contribution in [0.15, 0.2) is 64.1 Å². The van der Waals surface area contributed by atoms with Crippen LogP contribution in [0.1, 0.15) is 46.7 Å². The summed E-state index contributed by atoms with van der Waals surface area (Å²) in [6, 6.07) is 16.6. The highest BCUT2D eigenvalue weighted by Gasteiger charge is 2.35. The van der Waals surface area contributed by atoms with Crippen LogP contribution in [0.25, 0.3) is 16.3 Å². The van der Waals surface area contributed by atoms with Crippen LogP contribution in [-0.4, -0.2) is 15.3 Å². The lowest BCUT2D eigenvalue weighted by atomic mass is 9.92. The zero-order valence-corrected chi connectivity index (χ0v) is 21.5. The highest BCUT2D eigenvalue weighted by Crippen LogP contribution is 2.40. The lowest BCUT2D eigenvalue weighted by Crippen LogP contribution is -2.46. The summed E-state index contributed by atoms with van der Waals surface area (Å²) in [5.74, 6) is 1.09. The number of nitrogens with one attached hydrogen (secondary N) is 1. The van der Waals surface area contributed by atoms with Crippen molar-refractivity contribution in [2.45, 2.75) is 40.7 Å². The van der Waals surface area contributed by atoms with Crippen molar-refractivity contribution in [2.75, 3.05) is 4.90 Å². The number of hydrogen-bond acceptors (Lipinski definition) is 5. The normalized spacial score (nSPS) is 16.2. The van der Waals surface area contributed by atoms with Crippen molar-refractivity contribution in [1.82, 2.24) is 15.5 Å². The quantitative estimate of drug-likeness (QED) is 0.317. The third-order valence-corrected chi connectivity index (χ3v) is 7.66. The van der Waals surface area contributed by atoms with E-state index in [9.17, 15) is 0 Å². The van der Waals surface area contributed by atoms with Crippen LogP contribution < -0.4 is 10.2 Å². The minimum Gasteiger partial charge on any atom is -0.351 e. The monoisotopic (exact) mass is 486 g/mol. The second-order valence-corrected chi connectivity index (χ2v) is 10.1. The van der Waals surface area contributed by atoms with Crippen LogP contribution in [0, 0.1) is 27.7 Å². The van der Waals surface area contributed by atoms with E-state index < -0.39 is 0 Å². The van der Waals surface area contributed by atoms with Gasteiger partial charge in [0.1, 0.15) is 0 Å². The minimum absolute atomic E-state index is 0.203. The van der Waals surface area contributed by atoms with Gasteiger partial charge >= 0.3 is 0 Å². The average molecular weight is 487 g/mol. The van der Waals surface area contributed by atoms with Gasteiger partial charge in [0.2, 0.25) is 5.82 Å². The molecule has 1 aliphatic rings. The van der Waals surface area contributed by atoms with E-state index in [0.717, 1.165) is 27.4 Å². The first-order valence-corrected chi connectivity index (χ1v) is 12.5. The number of aryl methyl sites for hydroxylation is 4. The molecule has 7 heteroatoms. The molecule has 0 saturated carbocycles. The van der Waals surface area contributed by atoms with Gasteiger partial charge in [-0.05, 0) is 98.2 Å². The Balaban J connectivity index is 1.68. The molecule has 0 saturated heterocycles. The molecule has 34 heavy (non-hydrogen) atoms. The van der Waals surface area contributed by atoms with Gasteiger partial charge in [-0.2, -0.15) is 4.98 Å². The molecule has 0 bridgehead atoms. The predicted molar refractivity (Wildman–Crippen MR) is 143 cm³/mol. The number of benzene rings is 2. The van der Waals surface area contributed by atoms with Gasteiger partial charge < -0.3 is 9.84 Å². The number of hydrogen-bond donors (Lipinski definition) is 1. The van der Waals surface area contributed by atoms with Gasteiger partial charge in [0, 0.05) is 11.4 Å². The second-order valence-electron chi connectivity index (χ2n) is 8.73. The number of thiophene rings is 1. The molecule has 1 aliphatic heterocycles. The maximum absolute atomic E-state index is 5.89. The van der Waals surface area contributed by atoms with E-state index in [-0.39, 0.29) is 6.04 Å². The van der Waals surface area contributed by atoms with Gasteiger partial charge in [0.05, 0.1) is 16.5 Å². The number of aromatic nitrogens is 2. The number of anilines is 1. The summed E-state index contributed by atoms with van der Waals surface area (Å²) in [5.41, 5.74) is 8.93. The Kier molecular flexibility index (Phi) is 5.83. The molecule has 172 valence electrons. The zero-order chi connectivity index (χ0) is 24.0. The number of nitrogens with zero attached hydrogens (tertiary/aromatic N) is 3. The topological polar surface area (TPSA) is 54.2 Å². The van der Waals surface area contributed by atoms with Crippen molar-refractivity contribution in [3.05, 3.63) is 93.3 Å². The van der Waals surface area contributed by atoms with Gasteiger partial charge in [0.15, 0.2) is 5.11 Å². The molecule has 4 aromatic rings. The van der Waals surface area contributed by atoms with E-state index in [1.165, 1.54) is 22.3 Å². The van der Waals surface area contributed by atoms with Gasteiger partial charge in [-0.1, -0.05) is 35.5 Å². The maximum atomic E-state index is 5.89. The Morgan fingerprint density at radius 2 is 1.68 bits per heavy atom. The van der Waals surface area contributed by atoms with Gasteiger partial charge in [-0.25, -0.2) is 0 Å². The second kappa shape index (κ2) is 8.81. The van der Waals surface area contributed by atoms with Crippen LogP contribution in [-0.2, 0) is 0 Å². The molecule has 0 spiro atoms. The molecular weight excluding hydrogens is 460 g/mol. The molecule has 0 aliphatic carbocycles. The fourth-order valence-corrected chi connectivity index (χ4v) is 5.24. The Morgan fingerprint density at radius 3 is 2.35 bits per heavy atom. The first kappa shape index (κ1) is 22.5. The van der Waals surface area contributed by atoms with E-state index in [0.29, 0.717) is 16.8 Å². The SMILES string of the molecule is CC1=C(c2nc(-c3cccs3)no2)C(c2ccc(C)c(C)c2)NC(=S)N1c1ccc(C)c(C)c1. The van der Waals surface area contributed by atoms with E-state index in [1.807, 2.05) is 17.5 Å². The zero-order valence-electron chi connectivity index (χ0n) is 19.8. The summed E-state index contributed by atoms with van der Waals surface area (Å²) in [7, 11) is 0. The Labute approximate surface area is 209 Å².